The summed E-state index contributed by atoms with van der Waals surface area (Å²) in [4.78, 5) is 44.8. The summed E-state index contributed by atoms with van der Waals surface area (Å²) in [7, 11) is 0. The number of carbonyl (C=O) groups excluding carboxylic acids is 3. The minimum atomic E-state index is -1.34. The minimum absolute atomic E-state index is 0.229. The van der Waals surface area contributed by atoms with Gasteiger partial charge < -0.3 is 0 Å². The molecule has 3 rings (SSSR count). The van der Waals surface area contributed by atoms with Gasteiger partial charge in [-0.15, -0.1) is 0 Å². The van der Waals surface area contributed by atoms with E-state index < -0.39 is 29.6 Å². The maximum Gasteiger partial charge on any atom is 0.335 e. The number of barbiturate groups is 1. The Hall–Kier alpha value is -3.42. The lowest BCUT2D eigenvalue weighted by molar-refractivity contribution is -0.131. The molecule has 0 radical (unpaired) electrons. The number of urea groups is 1. The van der Waals surface area contributed by atoms with Crippen molar-refractivity contribution in [2.45, 2.75) is 0 Å². The van der Waals surface area contributed by atoms with Crippen molar-refractivity contribution in [1.82, 2.24) is 10.3 Å². The lowest BCUT2D eigenvalue weighted by Gasteiger charge is -2.28. The fourth-order valence-corrected chi connectivity index (χ4v) is 2.17. The van der Waals surface area contributed by atoms with Crippen LogP contribution in [0.2, 0.25) is 0 Å². The summed E-state index contributed by atoms with van der Waals surface area (Å²) < 4.78 is 13.9. The van der Waals surface area contributed by atoms with Gasteiger partial charge in [0.15, 0.2) is 5.92 Å². The number of aliphatic imine (C=N–C) groups is 1. The Kier molecular flexibility index (Phi) is 4.11. The van der Waals surface area contributed by atoms with Crippen molar-refractivity contribution in [3.05, 3.63) is 54.6 Å². The van der Waals surface area contributed by atoms with Crippen molar-refractivity contribution < 1.29 is 18.8 Å². The van der Waals surface area contributed by atoms with Gasteiger partial charge in [-0.25, -0.2) is 14.1 Å². The number of rotatable bonds is 3. The topological polar surface area (TPSA) is 91.7 Å². The van der Waals surface area contributed by atoms with Crippen LogP contribution in [0.3, 0.4) is 0 Å². The number of hydrogen-bond donors (Lipinski definition) is 1. The molecule has 0 unspecified atom stereocenters. The number of carbonyl (C=O) groups is 3. The van der Waals surface area contributed by atoms with Gasteiger partial charge in [0.05, 0.1) is 17.6 Å². The molecule has 24 heavy (non-hydrogen) atoms. The average Bonchev–Trinajstić information content (AvgIpc) is 2.57. The molecular formula is C16H11FN4O3. The number of amides is 4. The van der Waals surface area contributed by atoms with E-state index in [0.717, 1.165) is 12.3 Å². The van der Waals surface area contributed by atoms with Gasteiger partial charge in [0.1, 0.15) is 5.82 Å². The molecule has 0 bridgehead atoms. The van der Waals surface area contributed by atoms with E-state index >= 15 is 0 Å². The van der Waals surface area contributed by atoms with E-state index in [-0.39, 0.29) is 5.69 Å². The summed E-state index contributed by atoms with van der Waals surface area (Å²) in [6.45, 7) is 0. The first kappa shape index (κ1) is 15.5. The highest BCUT2D eigenvalue weighted by Crippen LogP contribution is 2.23. The molecule has 8 heteroatoms. The number of benzene rings is 1. The van der Waals surface area contributed by atoms with Crippen molar-refractivity contribution >= 4 is 35.4 Å². The molecule has 1 aromatic heterocycles. The van der Waals surface area contributed by atoms with Gasteiger partial charge in [0.2, 0.25) is 5.91 Å². The molecule has 1 atom stereocenters. The standard InChI is InChI=1S/C16H11FN4O3/c17-12-5-1-2-6-13(12)21-15(23)11(14(22)20-16(21)24)9-19-10-4-3-7-18-8-10/h1-9,11H,(H,20,22,24)/t11-/m0/s1. The van der Waals surface area contributed by atoms with Gasteiger partial charge in [-0.2, -0.15) is 0 Å². The van der Waals surface area contributed by atoms with Gasteiger partial charge in [-0.05, 0) is 24.3 Å². The molecule has 0 aliphatic carbocycles. The second-order valence-electron chi connectivity index (χ2n) is 4.89. The molecule has 0 spiro atoms. The molecule has 1 aliphatic heterocycles. The summed E-state index contributed by atoms with van der Waals surface area (Å²) in [6, 6.07) is 7.58. The molecule has 7 nitrogen and oxygen atoms in total. The molecule has 1 N–H and O–H groups in total. The molecule has 4 amide bonds. The summed E-state index contributed by atoms with van der Waals surface area (Å²) in [6.07, 6.45) is 4.10. The summed E-state index contributed by atoms with van der Waals surface area (Å²) in [5.41, 5.74) is 0.208. The van der Waals surface area contributed by atoms with Crippen molar-refractivity contribution in [2.24, 2.45) is 10.9 Å². The Morgan fingerprint density at radius 1 is 1.17 bits per heavy atom. The average molecular weight is 326 g/mol. The molecule has 1 aromatic carbocycles. The van der Waals surface area contributed by atoms with Gasteiger partial charge in [-0.3, -0.25) is 24.9 Å². The lowest BCUT2D eigenvalue weighted by atomic mass is 10.1. The second kappa shape index (κ2) is 6.37. The third-order valence-corrected chi connectivity index (χ3v) is 3.31. The van der Waals surface area contributed by atoms with Crippen molar-refractivity contribution in [3.63, 3.8) is 0 Å². The number of nitrogens with zero attached hydrogens (tertiary/aromatic N) is 3. The van der Waals surface area contributed by atoms with Crippen molar-refractivity contribution in [2.75, 3.05) is 4.90 Å². The maximum absolute atomic E-state index is 13.9. The van der Waals surface area contributed by atoms with Gasteiger partial charge in [-0.1, -0.05) is 12.1 Å². The van der Waals surface area contributed by atoms with Crippen LogP contribution in [0.25, 0.3) is 0 Å². The van der Waals surface area contributed by atoms with Crippen LogP contribution < -0.4 is 10.2 Å². The first-order valence-electron chi connectivity index (χ1n) is 6.95. The smallest absolute Gasteiger partial charge is 0.276 e. The molecule has 0 saturated carbocycles. The Balaban J connectivity index is 1.92. The largest absolute Gasteiger partial charge is 0.335 e. The molecule has 1 fully saturated rings. The highest BCUT2D eigenvalue weighted by atomic mass is 19.1. The Morgan fingerprint density at radius 3 is 2.67 bits per heavy atom. The van der Waals surface area contributed by atoms with Gasteiger partial charge in [0.25, 0.3) is 5.91 Å². The number of anilines is 1. The third kappa shape index (κ3) is 2.89. The third-order valence-electron chi connectivity index (χ3n) is 3.31. The second-order valence-corrected chi connectivity index (χ2v) is 4.89. The zero-order chi connectivity index (χ0) is 17.1. The summed E-state index contributed by atoms with van der Waals surface area (Å²) >= 11 is 0. The number of halogens is 1. The van der Waals surface area contributed by atoms with Crippen LogP contribution in [0.1, 0.15) is 0 Å². The first-order chi connectivity index (χ1) is 11.6. The molecular weight excluding hydrogens is 315 g/mol. The predicted octanol–water partition coefficient (Wildman–Crippen LogP) is 1.82. The van der Waals surface area contributed by atoms with Crippen LogP contribution in [-0.2, 0) is 9.59 Å². The van der Waals surface area contributed by atoms with Crippen molar-refractivity contribution in [1.29, 1.82) is 0 Å². The normalized spacial score (nSPS) is 18.1. The summed E-state index contributed by atoms with van der Waals surface area (Å²) in [5.74, 6) is -3.78. The van der Waals surface area contributed by atoms with E-state index in [1.165, 1.54) is 24.4 Å². The Bertz CT molecular complexity index is 838. The van der Waals surface area contributed by atoms with Crippen LogP contribution in [0.5, 0.6) is 0 Å². The predicted molar refractivity (Wildman–Crippen MR) is 83.3 cm³/mol. The summed E-state index contributed by atoms with van der Waals surface area (Å²) in [5, 5.41) is 2.03. The first-order valence-corrected chi connectivity index (χ1v) is 6.95. The molecule has 2 aromatic rings. The maximum atomic E-state index is 13.9. The fourth-order valence-electron chi connectivity index (χ4n) is 2.17. The highest BCUT2D eigenvalue weighted by molar-refractivity contribution is 6.32. The SMILES string of the molecule is O=C1NC(=O)N(c2ccccc2F)C(=O)[C@H]1C=Nc1cccnc1. The quantitative estimate of drug-likeness (QED) is 0.688. The molecule has 2 heterocycles. The Morgan fingerprint density at radius 2 is 1.96 bits per heavy atom. The van der Waals surface area contributed by atoms with E-state index in [1.54, 1.807) is 18.3 Å². The van der Waals surface area contributed by atoms with Gasteiger partial charge >= 0.3 is 6.03 Å². The number of hydrogen-bond acceptors (Lipinski definition) is 5. The zero-order valence-corrected chi connectivity index (χ0v) is 12.2. The van der Waals surface area contributed by atoms with Crippen LogP contribution in [0.4, 0.5) is 20.6 Å². The van der Waals surface area contributed by atoms with Crippen LogP contribution in [0, 0.1) is 11.7 Å². The van der Waals surface area contributed by atoms with E-state index in [1.807, 2.05) is 5.32 Å². The van der Waals surface area contributed by atoms with E-state index in [4.69, 9.17) is 0 Å². The van der Waals surface area contributed by atoms with Gasteiger partial charge in [0, 0.05) is 12.4 Å². The minimum Gasteiger partial charge on any atom is -0.276 e. The van der Waals surface area contributed by atoms with Crippen LogP contribution in [-0.4, -0.2) is 29.0 Å². The number of imide groups is 2. The Labute approximate surface area is 135 Å². The van der Waals surface area contributed by atoms with Crippen molar-refractivity contribution in [3.8, 4) is 0 Å². The number of pyridine rings is 1. The fraction of sp³-hybridized carbons (Fsp3) is 0.0625. The monoisotopic (exact) mass is 326 g/mol. The van der Waals surface area contributed by atoms with Crippen LogP contribution in [0.15, 0.2) is 53.8 Å². The lowest BCUT2D eigenvalue weighted by Crippen LogP contribution is -2.58. The van der Waals surface area contributed by atoms with E-state index in [2.05, 4.69) is 9.98 Å². The number of aromatic nitrogens is 1. The molecule has 1 saturated heterocycles. The number of nitrogens with one attached hydrogen (secondary N) is 1. The van der Waals surface area contributed by atoms with E-state index in [9.17, 15) is 18.8 Å². The zero-order valence-electron chi connectivity index (χ0n) is 12.2. The van der Waals surface area contributed by atoms with E-state index in [0.29, 0.717) is 10.6 Å². The highest BCUT2D eigenvalue weighted by Gasteiger charge is 2.41. The van der Waals surface area contributed by atoms with Crippen LogP contribution >= 0.6 is 0 Å². The number of para-hydroxylation sites is 1. The molecule has 120 valence electrons. The molecule has 1 aliphatic rings.